The summed E-state index contributed by atoms with van der Waals surface area (Å²) in [6.07, 6.45) is 0.955. The van der Waals surface area contributed by atoms with Crippen LogP contribution in [0.2, 0.25) is 0 Å². The van der Waals surface area contributed by atoms with Gasteiger partial charge in [0.1, 0.15) is 17.1 Å². The Morgan fingerprint density at radius 1 is 1.38 bits per heavy atom. The predicted molar refractivity (Wildman–Crippen MR) is 70.9 cm³/mol. The van der Waals surface area contributed by atoms with E-state index < -0.39 is 18.5 Å². The number of benzene rings is 1. The van der Waals surface area contributed by atoms with Gasteiger partial charge in [0.2, 0.25) is 5.91 Å². The van der Waals surface area contributed by atoms with Crippen LogP contribution < -0.4 is 4.74 Å². The predicted octanol–water partition coefficient (Wildman–Crippen LogP) is 0.707. The Balaban J connectivity index is 1.95. The molecule has 0 spiro atoms. The van der Waals surface area contributed by atoms with Crippen molar-refractivity contribution in [3.8, 4) is 11.5 Å². The van der Waals surface area contributed by atoms with Crippen LogP contribution in [0.4, 0.5) is 0 Å². The van der Waals surface area contributed by atoms with Crippen LogP contribution in [-0.4, -0.2) is 48.1 Å². The fraction of sp³-hybridized carbons (Fsp3) is 0.357. The number of hydrogen-bond acceptors (Lipinski definition) is 6. The number of methoxy groups -OCH3 is 1. The number of amides is 2. The van der Waals surface area contributed by atoms with Crippen LogP contribution in [0.5, 0.6) is 11.5 Å². The Kier molecular flexibility index (Phi) is 4.42. The molecule has 0 unspecified atom stereocenters. The standard InChI is InChI=1S/C14H15NO6/c1-20-9-4-5-10(11(16)7-9)14(19)21-8-13(18)15-6-2-3-12(15)17/h4-5,7,16H,2-3,6,8H2,1H3. The van der Waals surface area contributed by atoms with Gasteiger partial charge in [-0.2, -0.15) is 0 Å². The van der Waals surface area contributed by atoms with Crippen LogP contribution in [0.15, 0.2) is 18.2 Å². The monoisotopic (exact) mass is 293 g/mol. The number of aromatic hydroxyl groups is 1. The summed E-state index contributed by atoms with van der Waals surface area (Å²) >= 11 is 0. The lowest BCUT2D eigenvalue weighted by Crippen LogP contribution is -2.35. The Hall–Kier alpha value is -2.57. The van der Waals surface area contributed by atoms with Crippen LogP contribution in [0.3, 0.4) is 0 Å². The van der Waals surface area contributed by atoms with Gasteiger partial charge in [0.25, 0.3) is 5.91 Å². The van der Waals surface area contributed by atoms with Crippen LogP contribution in [0, 0.1) is 0 Å². The molecule has 1 aliphatic heterocycles. The zero-order valence-corrected chi connectivity index (χ0v) is 11.5. The number of phenolic OH excluding ortho intramolecular Hbond substituents is 1. The largest absolute Gasteiger partial charge is 0.507 e. The van der Waals surface area contributed by atoms with Crippen molar-refractivity contribution in [3.05, 3.63) is 23.8 Å². The van der Waals surface area contributed by atoms with E-state index >= 15 is 0 Å². The fourth-order valence-electron chi connectivity index (χ4n) is 2.01. The molecule has 7 nitrogen and oxygen atoms in total. The molecule has 1 aromatic rings. The summed E-state index contributed by atoms with van der Waals surface area (Å²) in [6, 6.07) is 4.09. The van der Waals surface area contributed by atoms with Gasteiger partial charge < -0.3 is 14.6 Å². The average Bonchev–Trinajstić information content (AvgIpc) is 2.90. The smallest absolute Gasteiger partial charge is 0.342 e. The summed E-state index contributed by atoms with van der Waals surface area (Å²) in [4.78, 5) is 35.9. The third kappa shape index (κ3) is 3.31. The number of likely N-dealkylation sites (tertiary alicyclic amines) is 1. The summed E-state index contributed by atoms with van der Waals surface area (Å²) < 4.78 is 9.72. The third-order valence-corrected chi connectivity index (χ3v) is 3.13. The number of nitrogens with zero attached hydrogens (tertiary/aromatic N) is 1. The minimum absolute atomic E-state index is 0.0728. The molecule has 112 valence electrons. The maximum Gasteiger partial charge on any atom is 0.342 e. The molecule has 0 aromatic heterocycles. The van der Waals surface area contributed by atoms with E-state index in [2.05, 4.69) is 0 Å². The van der Waals surface area contributed by atoms with E-state index in [4.69, 9.17) is 9.47 Å². The van der Waals surface area contributed by atoms with Crippen molar-refractivity contribution in [2.75, 3.05) is 20.3 Å². The lowest BCUT2D eigenvalue weighted by atomic mass is 10.2. The van der Waals surface area contributed by atoms with Gasteiger partial charge in [-0.1, -0.05) is 0 Å². The molecule has 1 N–H and O–H groups in total. The molecule has 0 bridgehead atoms. The summed E-state index contributed by atoms with van der Waals surface area (Å²) in [6.45, 7) is -0.182. The highest BCUT2D eigenvalue weighted by molar-refractivity contribution is 5.99. The van der Waals surface area contributed by atoms with Crippen molar-refractivity contribution < 1.29 is 29.0 Å². The van der Waals surface area contributed by atoms with E-state index in [-0.39, 0.29) is 17.2 Å². The maximum atomic E-state index is 11.8. The Bertz CT molecular complexity index is 583. The van der Waals surface area contributed by atoms with Crippen LogP contribution in [-0.2, 0) is 14.3 Å². The van der Waals surface area contributed by atoms with Crippen molar-refractivity contribution in [3.63, 3.8) is 0 Å². The van der Waals surface area contributed by atoms with E-state index in [1.807, 2.05) is 0 Å². The van der Waals surface area contributed by atoms with Crippen molar-refractivity contribution in [2.45, 2.75) is 12.8 Å². The summed E-state index contributed by atoms with van der Waals surface area (Å²) in [7, 11) is 1.43. The van der Waals surface area contributed by atoms with Crippen molar-refractivity contribution in [2.24, 2.45) is 0 Å². The Labute approximate surface area is 121 Å². The molecule has 2 amide bonds. The molecule has 1 aromatic carbocycles. The number of hydrogen-bond donors (Lipinski definition) is 1. The summed E-state index contributed by atoms with van der Waals surface area (Å²) in [5.74, 6) is -1.57. The molecule has 0 aliphatic carbocycles. The van der Waals surface area contributed by atoms with E-state index in [9.17, 15) is 19.5 Å². The Morgan fingerprint density at radius 3 is 2.71 bits per heavy atom. The summed E-state index contributed by atoms with van der Waals surface area (Å²) in [5, 5.41) is 9.68. The number of esters is 1. The second-order valence-electron chi connectivity index (χ2n) is 4.50. The third-order valence-electron chi connectivity index (χ3n) is 3.13. The van der Waals surface area contributed by atoms with Gasteiger partial charge in [0.05, 0.1) is 7.11 Å². The molecule has 0 saturated carbocycles. The zero-order chi connectivity index (χ0) is 15.4. The minimum atomic E-state index is -0.838. The van der Waals surface area contributed by atoms with Gasteiger partial charge in [-0.3, -0.25) is 14.5 Å². The van der Waals surface area contributed by atoms with Gasteiger partial charge in [-0.05, 0) is 18.6 Å². The highest BCUT2D eigenvalue weighted by atomic mass is 16.5. The van der Waals surface area contributed by atoms with Crippen molar-refractivity contribution >= 4 is 17.8 Å². The molecule has 1 saturated heterocycles. The normalized spacial score (nSPS) is 14.1. The topological polar surface area (TPSA) is 93.1 Å². The highest BCUT2D eigenvalue weighted by Gasteiger charge is 2.27. The lowest BCUT2D eigenvalue weighted by Gasteiger charge is -2.13. The molecular formula is C14H15NO6. The molecule has 7 heteroatoms. The molecule has 0 atom stereocenters. The lowest BCUT2D eigenvalue weighted by molar-refractivity contribution is -0.143. The molecule has 2 rings (SSSR count). The van der Waals surface area contributed by atoms with E-state index in [1.165, 1.54) is 25.3 Å². The SMILES string of the molecule is COc1ccc(C(=O)OCC(=O)N2CCCC2=O)c(O)c1. The zero-order valence-electron chi connectivity index (χ0n) is 11.5. The molecule has 1 fully saturated rings. The first kappa shape index (κ1) is 14.8. The number of ether oxygens (including phenoxy) is 2. The van der Waals surface area contributed by atoms with Gasteiger partial charge in [0, 0.05) is 19.0 Å². The first-order valence-electron chi connectivity index (χ1n) is 6.40. The number of carbonyl (C=O) groups is 3. The van der Waals surface area contributed by atoms with E-state index in [0.717, 1.165) is 4.90 Å². The summed E-state index contributed by atoms with van der Waals surface area (Å²) in [5.41, 5.74) is -0.0728. The molecular weight excluding hydrogens is 278 g/mol. The van der Waals surface area contributed by atoms with Gasteiger partial charge in [0.15, 0.2) is 6.61 Å². The molecule has 0 radical (unpaired) electrons. The fourth-order valence-corrected chi connectivity index (χ4v) is 2.01. The van der Waals surface area contributed by atoms with E-state index in [0.29, 0.717) is 25.1 Å². The second-order valence-corrected chi connectivity index (χ2v) is 4.50. The van der Waals surface area contributed by atoms with Crippen LogP contribution >= 0.6 is 0 Å². The molecule has 21 heavy (non-hydrogen) atoms. The quantitative estimate of drug-likeness (QED) is 0.822. The van der Waals surface area contributed by atoms with E-state index in [1.54, 1.807) is 0 Å². The molecule has 1 aliphatic rings. The van der Waals surface area contributed by atoms with Crippen LogP contribution in [0.1, 0.15) is 23.2 Å². The number of rotatable bonds is 4. The second kappa shape index (κ2) is 6.25. The first-order chi connectivity index (χ1) is 10.0. The van der Waals surface area contributed by atoms with Gasteiger partial charge in [-0.25, -0.2) is 4.79 Å². The number of phenols is 1. The Morgan fingerprint density at radius 2 is 2.14 bits per heavy atom. The number of imide groups is 1. The average molecular weight is 293 g/mol. The minimum Gasteiger partial charge on any atom is -0.507 e. The molecule has 1 heterocycles. The van der Waals surface area contributed by atoms with Gasteiger partial charge >= 0.3 is 5.97 Å². The first-order valence-corrected chi connectivity index (χ1v) is 6.40. The van der Waals surface area contributed by atoms with Gasteiger partial charge in [-0.15, -0.1) is 0 Å². The van der Waals surface area contributed by atoms with Crippen molar-refractivity contribution in [1.29, 1.82) is 0 Å². The number of carbonyl (C=O) groups excluding carboxylic acids is 3. The van der Waals surface area contributed by atoms with Crippen LogP contribution in [0.25, 0.3) is 0 Å². The highest BCUT2D eigenvalue weighted by Crippen LogP contribution is 2.24. The van der Waals surface area contributed by atoms with Crippen molar-refractivity contribution in [1.82, 2.24) is 4.90 Å². The maximum absolute atomic E-state index is 11.8.